The normalized spacial score (nSPS) is 15.8. The van der Waals surface area contributed by atoms with Crippen LogP contribution in [0, 0.1) is 6.92 Å². The number of halogens is 1. The molecule has 1 aliphatic rings. The van der Waals surface area contributed by atoms with E-state index in [4.69, 9.17) is 4.74 Å². The molecule has 156 valence electrons. The SMILES string of the molecule is COc1ccccc1C1CNCCN1C(=O)CNC(=O)Nc1cccc(C)c1.Cl. The monoisotopic (exact) mass is 418 g/mol. The summed E-state index contributed by atoms with van der Waals surface area (Å²) >= 11 is 0. The lowest BCUT2D eigenvalue weighted by Gasteiger charge is -2.37. The second-order valence-corrected chi connectivity index (χ2v) is 6.73. The van der Waals surface area contributed by atoms with E-state index >= 15 is 0 Å². The van der Waals surface area contributed by atoms with Gasteiger partial charge in [-0.1, -0.05) is 30.3 Å². The van der Waals surface area contributed by atoms with E-state index < -0.39 is 6.03 Å². The Morgan fingerprint density at radius 2 is 2.00 bits per heavy atom. The summed E-state index contributed by atoms with van der Waals surface area (Å²) in [5, 5.41) is 8.73. The maximum absolute atomic E-state index is 12.8. The molecule has 7 nitrogen and oxygen atoms in total. The highest BCUT2D eigenvalue weighted by atomic mass is 35.5. The van der Waals surface area contributed by atoms with E-state index in [-0.39, 0.29) is 30.9 Å². The molecule has 0 bridgehead atoms. The summed E-state index contributed by atoms with van der Waals surface area (Å²) in [6.07, 6.45) is 0. The highest BCUT2D eigenvalue weighted by molar-refractivity contribution is 5.92. The lowest BCUT2D eigenvalue weighted by atomic mass is 10.0. The van der Waals surface area contributed by atoms with Crippen molar-refractivity contribution in [2.75, 3.05) is 38.6 Å². The quantitative estimate of drug-likeness (QED) is 0.697. The first-order valence-corrected chi connectivity index (χ1v) is 9.33. The van der Waals surface area contributed by atoms with Gasteiger partial charge in [-0.15, -0.1) is 12.4 Å². The van der Waals surface area contributed by atoms with Crippen LogP contribution in [0.3, 0.4) is 0 Å². The first kappa shape index (κ1) is 22.5. The van der Waals surface area contributed by atoms with E-state index in [0.29, 0.717) is 25.3 Å². The molecule has 0 saturated carbocycles. The summed E-state index contributed by atoms with van der Waals surface area (Å²) < 4.78 is 5.46. The van der Waals surface area contributed by atoms with Crippen LogP contribution < -0.4 is 20.7 Å². The lowest BCUT2D eigenvalue weighted by molar-refractivity contribution is -0.133. The highest BCUT2D eigenvalue weighted by Gasteiger charge is 2.29. The molecule has 2 aromatic rings. The van der Waals surface area contributed by atoms with Crippen molar-refractivity contribution in [3.63, 3.8) is 0 Å². The van der Waals surface area contributed by atoms with Gasteiger partial charge in [-0.05, 0) is 30.7 Å². The minimum atomic E-state index is -0.400. The maximum atomic E-state index is 12.8. The van der Waals surface area contributed by atoms with Crippen LogP contribution in [0.2, 0.25) is 0 Å². The molecule has 1 saturated heterocycles. The predicted octanol–water partition coefficient (Wildman–Crippen LogP) is 2.72. The number of ether oxygens (including phenoxy) is 1. The molecular weight excluding hydrogens is 392 g/mol. The Hall–Kier alpha value is -2.77. The second kappa shape index (κ2) is 10.7. The summed E-state index contributed by atoms with van der Waals surface area (Å²) in [6, 6.07) is 14.7. The van der Waals surface area contributed by atoms with Gasteiger partial charge in [0.05, 0.1) is 19.7 Å². The third kappa shape index (κ3) is 5.85. The molecule has 3 N–H and O–H groups in total. The molecule has 3 rings (SSSR count). The fraction of sp³-hybridized carbons (Fsp3) is 0.333. The molecule has 1 fully saturated rings. The molecule has 29 heavy (non-hydrogen) atoms. The van der Waals surface area contributed by atoms with Crippen molar-refractivity contribution in [3.05, 3.63) is 59.7 Å². The van der Waals surface area contributed by atoms with Crippen LogP contribution in [-0.2, 0) is 4.79 Å². The van der Waals surface area contributed by atoms with Crippen molar-refractivity contribution in [1.82, 2.24) is 15.5 Å². The lowest BCUT2D eigenvalue weighted by Crippen LogP contribution is -2.51. The number of anilines is 1. The topological polar surface area (TPSA) is 82.7 Å². The summed E-state index contributed by atoms with van der Waals surface area (Å²) in [4.78, 5) is 26.7. The highest BCUT2D eigenvalue weighted by Crippen LogP contribution is 2.30. The van der Waals surface area contributed by atoms with Crippen molar-refractivity contribution >= 4 is 30.0 Å². The van der Waals surface area contributed by atoms with Gasteiger partial charge in [0, 0.05) is 30.9 Å². The molecule has 1 atom stereocenters. The number of amides is 3. The van der Waals surface area contributed by atoms with Crippen LogP contribution in [0.15, 0.2) is 48.5 Å². The van der Waals surface area contributed by atoms with Crippen LogP contribution in [0.5, 0.6) is 5.75 Å². The van der Waals surface area contributed by atoms with Crippen LogP contribution >= 0.6 is 12.4 Å². The van der Waals surface area contributed by atoms with E-state index in [1.54, 1.807) is 12.0 Å². The third-order valence-corrected chi connectivity index (χ3v) is 4.74. The molecule has 1 aliphatic heterocycles. The van der Waals surface area contributed by atoms with Gasteiger partial charge in [0.1, 0.15) is 5.75 Å². The summed E-state index contributed by atoms with van der Waals surface area (Å²) in [5.41, 5.74) is 2.70. The molecule has 2 aromatic carbocycles. The maximum Gasteiger partial charge on any atom is 0.319 e. The third-order valence-electron chi connectivity index (χ3n) is 4.74. The van der Waals surface area contributed by atoms with Gasteiger partial charge < -0.3 is 25.6 Å². The van der Waals surface area contributed by atoms with Crippen molar-refractivity contribution in [2.24, 2.45) is 0 Å². The number of hydrogen-bond acceptors (Lipinski definition) is 4. The molecule has 0 aromatic heterocycles. The predicted molar refractivity (Wildman–Crippen MR) is 116 cm³/mol. The Balaban J connectivity index is 0.00000300. The zero-order chi connectivity index (χ0) is 19.9. The first-order chi connectivity index (χ1) is 13.6. The summed E-state index contributed by atoms with van der Waals surface area (Å²) in [7, 11) is 1.62. The van der Waals surface area contributed by atoms with Crippen molar-refractivity contribution < 1.29 is 14.3 Å². The van der Waals surface area contributed by atoms with Gasteiger partial charge in [0.15, 0.2) is 0 Å². The number of para-hydroxylation sites is 1. The standard InChI is InChI=1S/C21H26N4O3.ClH/c1-15-6-5-7-16(12-15)24-21(27)23-14-20(26)25-11-10-22-13-18(25)17-8-3-4-9-19(17)28-2;/h3-9,12,18,22H,10-11,13-14H2,1-2H3,(H2,23,24,27);1H. The van der Waals surface area contributed by atoms with Crippen LogP contribution in [0.1, 0.15) is 17.2 Å². The Labute approximate surface area is 177 Å². The zero-order valence-electron chi connectivity index (χ0n) is 16.6. The molecule has 1 unspecified atom stereocenters. The van der Waals surface area contributed by atoms with Gasteiger partial charge in [-0.3, -0.25) is 4.79 Å². The molecule has 3 amide bonds. The fourth-order valence-corrected chi connectivity index (χ4v) is 3.38. The van der Waals surface area contributed by atoms with Gasteiger partial charge in [-0.2, -0.15) is 0 Å². The van der Waals surface area contributed by atoms with E-state index in [9.17, 15) is 9.59 Å². The Morgan fingerprint density at radius 1 is 1.21 bits per heavy atom. The molecule has 0 aliphatic carbocycles. The Kier molecular flexibility index (Phi) is 8.30. The van der Waals surface area contributed by atoms with Gasteiger partial charge in [-0.25, -0.2) is 4.79 Å². The van der Waals surface area contributed by atoms with Gasteiger partial charge in [0.25, 0.3) is 0 Å². The molecule has 8 heteroatoms. The molecule has 0 spiro atoms. The van der Waals surface area contributed by atoms with Crippen molar-refractivity contribution in [3.8, 4) is 5.75 Å². The number of nitrogens with one attached hydrogen (secondary N) is 3. The average molecular weight is 419 g/mol. The first-order valence-electron chi connectivity index (χ1n) is 9.33. The van der Waals surface area contributed by atoms with Crippen molar-refractivity contribution in [2.45, 2.75) is 13.0 Å². The average Bonchev–Trinajstić information content (AvgIpc) is 2.72. The minimum Gasteiger partial charge on any atom is -0.496 e. The smallest absolute Gasteiger partial charge is 0.319 e. The summed E-state index contributed by atoms with van der Waals surface area (Å²) in [5.74, 6) is 0.621. The minimum absolute atomic E-state index is 0. The van der Waals surface area contributed by atoms with Crippen LogP contribution in [0.25, 0.3) is 0 Å². The number of aryl methyl sites for hydroxylation is 1. The number of carbonyl (C=O) groups excluding carboxylic acids is 2. The fourth-order valence-electron chi connectivity index (χ4n) is 3.38. The van der Waals surface area contributed by atoms with E-state index in [0.717, 1.165) is 16.9 Å². The Morgan fingerprint density at radius 3 is 2.76 bits per heavy atom. The van der Waals surface area contributed by atoms with E-state index in [1.165, 1.54) is 0 Å². The number of hydrogen-bond donors (Lipinski definition) is 3. The number of rotatable bonds is 5. The van der Waals surface area contributed by atoms with Crippen LogP contribution in [0.4, 0.5) is 10.5 Å². The van der Waals surface area contributed by atoms with Gasteiger partial charge in [0.2, 0.25) is 5.91 Å². The Bertz CT molecular complexity index is 846. The van der Waals surface area contributed by atoms with Gasteiger partial charge >= 0.3 is 6.03 Å². The number of urea groups is 1. The second-order valence-electron chi connectivity index (χ2n) is 6.73. The largest absolute Gasteiger partial charge is 0.496 e. The van der Waals surface area contributed by atoms with E-state index in [2.05, 4.69) is 16.0 Å². The molecular formula is C21H27ClN4O3. The number of piperazine rings is 1. The molecule has 1 heterocycles. The molecule has 0 radical (unpaired) electrons. The number of carbonyl (C=O) groups is 2. The summed E-state index contributed by atoms with van der Waals surface area (Å²) in [6.45, 7) is 3.81. The van der Waals surface area contributed by atoms with Crippen molar-refractivity contribution in [1.29, 1.82) is 0 Å². The number of nitrogens with zero attached hydrogens (tertiary/aromatic N) is 1. The number of methoxy groups -OCH3 is 1. The number of benzene rings is 2. The van der Waals surface area contributed by atoms with Crippen LogP contribution in [-0.4, -0.2) is 50.1 Å². The zero-order valence-corrected chi connectivity index (χ0v) is 17.4. The van der Waals surface area contributed by atoms with E-state index in [1.807, 2.05) is 55.5 Å².